The molecule has 0 aliphatic heterocycles. The van der Waals surface area contributed by atoms with Gasteiger partial charge in [-0.2, -0.15) is 15.0 Å². The number of hydrogen-bond acceptors (Lipinski definition) is 5. The zero-order chi connectivity index (χ0) is 10.8. The average Bonchev–Trinajstić information content (AvgIpc) is 2.84. The Bertz CT molecular complexity index is 505. The van der Waals surface area contributed by atoms with Crippen LogP contribution in [-0.4, -0.2) is 14.8 Å². The number of thiazole rings is 1. The highest BCUT2D eigenvalue weighted by molar-refractivity contribution is 7.12. The molecule has 2 aromatic heterocycles. The van der Waals surface area contributed by atoms with E-state index in [4.69, 9.17) is 11.0 Å². The van der Waals surface area contributed by atoms with Crippen molar-refractivity contribution in [1.29, 1.82) is 5.26 Å². The summed E-state index contributed by atoms with van der Waals surface area (Å²) in [5.41, 5.74) is 6.99. The fourth-order valence-electron chi connectivity index (χ4n) is 1.31. The first kappa shape index (κ1) is 9.68. The van der Waals surface area contributed by atoms with Gasteiger partial charge in [-0.25, -0.2) is 4.98 Å². The highest BCUT2D eigenvalue weighted by Gasteiger charge is 2.15. The molecule has 6 heteroatoms. The van der Waals surface area contributed by atoms with Crippen molar-refractivity contribution in [1.82, 2.24) is 14.8 Å². The van der Waals surface area contributed by atoms with Crippen LogP contribution in [0.15, 0.2) is 11.6 Å². The summed E-state index contributed by atoms with van der Waals surface area (Å²) in [7, 11) is 0. The Morgan fingerprint density at radius 3 is 2.93 bits per heavy atom. The van der Waals surface area contributed by atoms with E-state index in [0.29, 0.717) is 28.6 Å². The number of nitriles is 1. The maximum atomic E-state index is 8.94. The SMILES string of the molecule is CCc1nn(-c2nccs2)c(N)c1C#N. The zero-order valence-corrected chi connectivity index (χ0v) is 8.95. The number of rotatable bonds is 2. The maximum absolute atomic E-state index is 8.94. The van der Waals surface area contributed by atoms with E-state index >= 15 is 0 Å². The molecule has 5 nitrogen and oxygen atoms in total. The van der Waals surface area contributed by atoms with Crippen molar-refractivity contribution in [2.75, 3.05) is 5.73 Å². The van der Waals surface area contributed by atoms with Crippen LogP contribution in [0.25, 0.3) is 5.13 Å². The fraction of sp³-hybridized carbons (Fsp3) is 0.222. The van der Waals surface area contributed by atoms with Gasteiger partial charge in [-0.3, -0.25) is 0 Å². The van der Waals surface area contributed by atoms with Crippen molar-refractivity contribution in [2.24, 2.45) is 0 Å². The summed E-state index contributed by atoms with van der Waals surface area (Å²) in [5, 5.41) is 15.7. The number of nitrogens with zero attached hydrogens (tertiary/aromatic N) is 4. The van der Waals surface area contributed by atoms with Gasteiger partial charge in [0, 0.05) is 11.6 Å². The monoisotopic (exact) mass is 219 g/mol. The van der Waals surface area contributed by atoms with E-state index < -0.39 is 0 Å². The third-order valence-electron chi connectivity index (χ3n) is 2.04. The Balaban J connectivity index is 2.61. The lowest BCUT2D eigenvalue weighted by atomic mass is 10.2. The molecule has 0 saturated carbocycles. The molecule has 0 atom stereocenters. The third-order valence-corrected chi connectivity index (χ3v) is 2.79. The molecule has 0 aliphatic rings. The summed E-state index contributed by atoms with van der Waals surface area (Å²) in [5.74, 6) is 0.365. The minimum absolute atomic E-state index is 0.365. The van der Waals surface area contributed by atoms with Gasteiger partial charge in [-0.1, -0.05) is 6.92 Å². The van der Waals surface area contributed by atoms with Crippen LogP contribution in [0.3, 0.4) is 0 Å². The van der Waals surface area contributed by atoms with Crippen LogP contribution in [0.1, 0.15) is 18.2 Å². The molecule has 0 fully saturated rings. The molecule has 0 unspecified atom stereocenters. The van der Waals surface area contributed by atoms with Crippen molar-refractivity contribution >= 4 is 17.2 Å². The summed E-state index contributed by atoms with van der Waals surface area (Å²) in [6, 6.07) is 2.07. The van der Waals surface area contributed by atoms with Crippen LogP contribution >= 0.6 is 11.3 Å². The smallest absolute Gasteiger partial charge is 0.212 e. The molecule has 0 saturated heterocycles. The van der Waals surface area contributed by atoms with Gasteiger partial charge in [0.05, 0.1) is 5.69 Å². The van der Waals surface area contributed by atoms with Crippen LogP contribution in [0, 0.1) is 11.3 Å². The van der Waals surface area contributed by atoms with Gasteiger partial charge in [0.15, 0.2) is 0 Å². The lowest BCUT2D eigenvalue weighted by molar-refractivity contribution is 0.841. The Kier molecular flexibility index (Phi) is 2.39. The van der Waals surface area contributed by atoms with Crippen LogP contribution in [0.5, 0.6) is 0 Å². The molecule has 0 aromatic carbocycles. The number of aromatic nitrogens is 3. The highest BCUT2D eigenvalue weighted by atomic mass is 32.1. The number of hydrogen-bond donors (Lipinski definition) is 1. The largest absolute Gasteiger partial charge is 0.382 e. The van der Waals surface area contributed by atoms with Gasteiger partial charge >= 0.3 is 0 Å². The second-order valence-electron chi connectivity index (χ2n) is 2.90. The lowest BCUT2D eigenvalue weighted by Gasteiger charge is -1.96. The van der Waals surface area contributed by atoms with E-state index in [0.717, 1.165) is 0 Å². The summed E-state index contributed by atoms with van der Waals surface area (Å²) >= 11 is 1.43. The van der Waals surface area contributed by atoms with E-state index in [2.05, 4.69) is 16.2 Å². The minimum Gasteiger partial charge on any atom is -0.382 e. The van der Waals surface area contributed by atoms with E-state index in [1.807, 2.05) is 12.3 Å². The first-order chi connectivity index (χ1) is 7.27. The Labute approximate surface area is 90.8 Å². The second-order valence-corrected chi connectivity index (χ2v) is 3.77. The molecule has 15 heavy (non-hydrogen) atoms. The summed E-state index contributed by atoms with van der Waals surface area (Å²) in [6.07, 6.45) is 2.37. The fourth-order valence-corrected chi connectivity index (χ4v) is 1.92. The second kappa shape index (κ2) is 3.71. The number of anilines is 1. The van der Waals surface area contributed by atoms with Crippen molar-refractivity contribution < 1.29 is 0 Å². The lowest BCUT2D eigenvalue weighted by Crippen LogP contribution is -2.01. The van der Waals surface area contributed by atoms with Crippen molar-refractivity contribution in [2.45, 2.75) is 13.3 Å². The van der Waals surface area contributed by atoms with Crippen LogP contribution < -0.4 is 5.73 Å². The topological polar surface area (TPSA) is 80.5 Å². The van der Waals surface area contributed by atoms with Gasteiger partial charge in [-0.05, 0) is 6.42 Å². The molecule has 2 heterocycles. The predicted molar refractivity (Wildman–Crippen MR) is 57.7 cm³/mol. The van der Waals surface area contributed by atoms with Crippen molar-refractivity contribution in [3.05, 3.63) is 22.8 Å². The van der Waals surface area contributed by atoms with E-state index in [-0.39, 0.29) is 0 Å². The van der Waals surface area contributed by atoms with E-state index in [1.54, 1.807) is 6.20 Å². The normalized spacial score (nSPS) is 10.1. The minimum atomic E-state index is 0.365. The number of nitrogens with two attached hydrogens (primary N) is 1. The predicted octanol–water partition coefficient (Wildman–Crippen LogP) is 1.35. The van der Waals surface area contributed by atoms with Crippen molar-refractivity contribution in [3.8, 4) is 11.2 Å². The van der Waals surface area contributed by atoms with Gasteiger partial charge in [0.25, 0.3) is 0 Å². The molecule has 0 amide bonds. The molecule has 76 valence electrons. The van der Waals surface area contributed by atoms with Gasteiger partial charge in [-0.15, -0.1) is 11.3 Å². The Hall–Kier alpha value is -1.87. The Morgan fingerprint density at radius 1 is 1.67 bits per heavy atom. The molecule has 0 bridgehead atoms. The summed E-state index contributed by atoms with van der Waals surface area (Å²) < 4.78 is 1.52. The van der Waals surface area contributed by atoms with Crippen molar-refractivity contribution in [3.63, 3.8) is 0 Å². The Morgan fingerprint density at radius 2 is 2.47 bits per heavy atom. The van der Waals surface area contributed by atoms with Crippen LogP contribution in [0.2, 0.25) is 0 Å². The number of nitrogen functional groups attached to an aromatic ring is 1. The summed E-state index contributed by atoms with van der Waals surface area (Å²) in [6.45, 7) is 1.94. The number of aryl methyl sites for hydroxylation is 1. The standard InChI is InChI=1S/C9H9N5S/c1-2-7-6(5-10)8(11)14(13-7)9-12-3-4-15-9/h3-4H,2,11H2,1H3. The van der Waals surface area contributed by atoms with Gasteiger partial charge in [0.2, 0.25) is 5.13 Å². The highest BCUT2D eigenvalue weighted by Crippen LogP contribution is 2.21. The molecule has 0 spiro atoms. The van der Waals surface area contributed by atoms with Crippen LogP contribution in [0.4, 0.5) is 5.82 Å². The van der Waals surface area contributed by atoms with Gasteiger partial charge in [0.1, 0.15) is 17.5 Å². The summed E-state index contributed by atoms with van der Waals surface area (Å²) in [4.78, 5) is 4.10. The van der Waals surface area contributed by atoms with Gasteiger partial charge < -0.3 is 5.73 Å². The average molecular weight is 219 g/mol. The molecule has 0 radical (unpaired) electrons. The first-order valence-corrected chi connectivity index (χ1v) is 5.33. The molecule has 2 N–H and O–H groups in total. The first-order valence-electron chi connectivity index (χ1n) is 4.45. The molecular formula is C9H9N5S. The van der Waals surface area contributed by atoms with E-state index in [9.17, 15) is 0 Å². The zero-order valence-electron chi connectivity index (χ0n) is 8.14. The molecule has 2 aromatic rings. The molecule has 2 rings (SSSR count). The van der Waals surface area contributed by atoms with E-state index in [1.165, 1.54) is 16.0 Å². The molecule has 0 aliphatic carbocycles. The third kappa shape index (κ3) is 1.47. The van der Waals surface area contributed by atoms with Crippen LogP contribution in [-0.2, 0) is 6.42 Å². The molecular weight excluding hydrogens is 210 g/mol. The quantitative estimate of drug-likeness (QED) is 0.826. The maximum Gasteiger partial charge on any atom is 0.212 e.